The number of sulfone groups is 1. The molecule has 0 bridgehead atoms. The van der Waals surface area contributed by atoms with Gasteiger partial charge in [-0.3, -0.25) is 15.4 Å². The van der Waals surface area contributed by atoms with Crippen LogP contribution in [0.3, 0.4) is 0 Å². The smallest absolute Gasteiger partial charge is 0.236 e. The third-order valence-corrected chi connectivity index (χ3v) is 7.60. The molecule has 0 atom stereocenters. The molecule has 11 heteroatoms. The van der Waals surface area contributed by atoms with Gasteiger partial charge in [-0.15, -0.1) is 12.4 Å². The molecule has 1 aromatic carbocycles. The SMILES string of the molecule is CCCO[C@H]1CC[C@H](CC(=O)NN(O)Cc2ccnc(S(=O)(=O)c3ccc(OCC)cc3)c2)CC1.Cl. The number of ether oxygens (including phenoxy) is 2. The van der Waals surface area contributed by atoms with E-state index in [0.29, 0.717) is 29.5 Å². The summed E-state index contributed by atoms with van der Waals surface area (Å²) in [7, 11) is -3.85. The van der Waals surface area contributed by atoms with Gasteiger partial charge >= 0.3 is 0 Å². The number of amides is 1. The Morgan fingerprint density at radius 2 is 1.83 bits per heavy atom. The molecule has 0 saturated heterocycles. The van der Waals surface area contributed by atoms with Crippen LogP contribution in [0.2, 0.25) is 0 Å². The Labute approximate surface area is 219 Å². The minimum Gasteiger partial charge on any atom is -0.494 e. The van der Waals surface area contributed by atoms with Crippen LogP contribution < -0.4 is 10.2 Å². The van der Waals surface area contributed by atoms with E-state index >= 15 is 0 Å². The Balaban J connectivity index is 0.00000456. The second kappa shape index (κ2) is 14.5. The first-order valence-corrected chi connectivity index (χ1v) is 13.6. The second-order valence-electron chi connectivity index (χ2n) is 8.72. The highest BCUT2D eigenvalue weighted by molar-refractivity contribution is 7.91. The maximum atomic E-state index is 13.0. The maximum Gasteiger partial charge on any atom is 0.236 e. The third-order valence-electron chi connectivity index (χ3n) is 5.93. The number of hydroxylamine groups is 1. The van der Waals surface area contributed by atoms with Crippen LogP contribution in [0, 0.1) is 5.92 Å². The standard InChI is InChI=1S/C25H35N3O6S.ClH/c1-3-15-34-22-7-5-19(6-8-22)16-24(29)27-28(30)18-20-13-14-26-25(17-20)35(31,32)23-11-9-21(10-12-23)33-4-2;/h9-14,17,19,22,30H,3-8,15-16,18H2,1-2H3,(H,27,29);1H/t19-,22-;. The molecule has 9 nitrogen and oxygen atoms in total. The molecule has 3 rings (SSSR count). The molecular weight excluding hydrogens is 506 g/mol. The third kappa shape index (κ3) is 8.70. The van der Waals surface area contributed by atoms with E-state index in [1.807, 2.05) is 6.92 Å². The predicted octanol–water partition coefficient (Wildman–Crippen LogP) is 4.33. The van der Waals surface area contributed by atoms with Gasteiger partial charge in [0.1, 0.15) is 5.75 Å². The topological polar surface area (TPSA) is 118 Å². The zero-order chi connectivity index (χ0) is 25.3. The molecule has 1 aliphatic rings. The Bertz CT molecular complexity index is 1060. The number of hydrogen-bond acceptors (Lipinski definition) is 8. The van der Waals surface area contributed by atoms with Crippen molar-refractivity contribution in [3.05, 3.63) is 48.2 Å². The number of carbonyl (C=O) groups is 1. The summed E-state index contributed by atoms with van der Waals surface area (Å²) in [6, 6.07) is 9.10. The molecule has 200 valence electrons. The summed E-state index contributed by atoms with van der Waals surface area (Å²) >= 11 is 0. The number of pyridine rings is 1. The van der Waals surface area contributed by atoms with E-state index in [2.05, 4.69) is 17.3 Å². The van der Waals surface area contributed by atoms with Crippen LogP contribution >= 0.6 is 12.4 Å². The molecule has 1 amide bonds. The Morgan fingerprint density at radius 3 is 2.47 bits per heavy atom. The van der Waals surface area contributed by atoms with Crippen molar-refractivity contribution >= 4 is 28.2 Å². The summed E-state index contributed by atoms with van der Waals surface area (Å²) in [6.07, 6.45) is 6.71. The van der Waals surface area contributed by atoms with Crippen molar-refractivity contribution in [1.29, 1.82) is 0 Å². The summed E-state index contributed by atoms with van der Waals surface area (Å²) in [5.74, 6) is 0.566. The zero-order valence-corrected chi connectivity index (χ0v) is 22.4. The fraction of sp³-hybridized carbons (Fsp3) is 0.520. The van der Waals surface area contributed by atoms with E-state index in [4.69, 9.17) is 9.47 Å². The van der Waals surface area contributed by atoms with Gasteiger partial charge in [-0.25, -0.2) is 13.4 Å². The molecule has 36 heavy (non-hydrogen) atoms. The van der Waals surface area contributed by atoms with Crippen LogP contribution in [-0.4, -0.2) is 49.0 Å². The van der Waals surface area contributed by atoms with Gasteiger partial charge in [0.2, 0.25) is 15.7 Å². The lowest BCUT2D eigenvalue weighted by atomic mass is 9.85. The molecule has 0 radical (unpaired) electrons. The Morgan fingerprint density at radius 1 is 1.14 bits per heavy atom. The first-order valence-electron chi connectivity index (χ1n) is 12.1. The summed E-state index contributed by atoms with van der Waals surface area (Å²) in [5, 5.41) is 10.8. The summed E-state index contributed by atoms with van der Waals surface area (Å²) in [6.45, 7) is 5.11. The molecule has 2 N–H and O–H groups in total. The quantitative estimate of drug-likeness (QED) is 0.381. The van der Waals surface area contributed by atoms with Crippen molar-refractivity contribution in [2.45, 2.75) is 74.9 Å². The number of halogens is 1. The first kappa shape index (κ1) is 30.0. The van der Waals surface area contributed by atoms with E-state index in [-0.39, 0.29) is 46.8 Å². The van der Waals surface area contributed by atoms with E-state index < -0.39 is 9.84 Å². The van der Waals surface area contributed by atoms with Crippen molar-refractivity contribution in [1.82, 2.24) is 15.6 Å². The highest BCUT2D eigenvalue weighted by Gasteiger charge is 2.24. The molecule has 2 aromatic rings. The first-order chi connectivity index (χ1) is 16.8. The van der Waals surface area contributed by atoms with Crippen LogP contribution in [-0.2, 0) is 25.9 Å². The lowest BCUT2D eigenvalue weighted by Gasteiger charge is -2.28. The minimum atomic E-state index is -3.85. The Hall–Kier alpha value is -2.24. The van der Waals surface area contributed by atoms with Crippen molar-refractivity contribution in [2.24, 2.45) is 5.92 Å². The average molecular weight is 542 g/mol. The van der Waals surface area contributed by atoms with Crippen LogP contribution in [0.1, 0.15) is 57.9 Å². The largest absolute Gasteiger partial charge is 0.494 e. The highest BCUT2D eigenvalue weighted by Crippen LogP contribution is 2.28. The number of hydrogen-bond donors (Lipinski definition) is 2. The molecule has 1 aromatic heterocycles. The maximum absolute atomic E-state index is 13.0. The molecule has 0 unspecified atom stereocenters. The average Bonchev–Trinajstić information content (AvgIpc) is 2.84. The molecule has 0 spiro atoms. The van der Waals surface area contributed by atoms with Crippen molar-refractivity contribution in [2.75, 3.05) is 13.2 Å². The van der Waals surface area contributed by atoms with Gasteiger partial charge in [0, 0.05) is 19.2 Å². The van der Waals surface area contributed by atoms with Gasteiger partial charge in [-0.05, 0) is 86.9 Å². The highest BCUT2D eigenvalue weighted by atomic mass is 35.5. The molecule has 0 aliphatic heterocycles. The van der Waals surface area contributed by atoms with Gasteiger partial charge in [0.15, 0.2) is 5.03 Å². The number of hydrazine groups is 1. The number of rotatable bonds is 12. The van der Waals surface area contributed by atoms with E-state index in [0.717, 1.165) is 38.7 Å². The number of benzene rings is 1. The molecule has 1 fully saturated rings. The van der Waals surface area contributed by atoms with Crippen molar-refractivity contribution in [3.63, 3.8) is 0 Å². The number of nitrogens with zero attached hydrogens (tertiary/aromatic N) is 2. The lowest BCUT2D eigenvalue weighted by molar-refractivity contribution is -0.166. The lowest BCUT2D eigenvalue weighted by Crippen LogP contribution is -2.40. The van der Waals surface area contributed by atoms with Crippen molar-refractivity contribution < 1.29 is 27.9 Å². The fourth-order valence-electron chi connectivity index (χ4n) is 4.15. The summed E-state index contributed by atoms with van der Waals surface area (Å²) in [4.78, 5) is 16.5. The minimum absolute atomic E-state index is 0. The number of nitrogens with one attached hydrogen (secondary N) is 1. The van der Waals surface area contributed by atoms with Crippen LogP contribution in [0.25, 0.3) is 0 Å². The van der Waals surface area contributed by atoms with E-state index in [1.165, 1.54) is 24.4 Å². The van der Waals surface area contributed by atoms with Gasteiger partial charge in [0.05, 0.1) is 24.2 Å². The number of carbonyl (C=O) groups excluding carboxylic acids is 1. The van der Waals surface area contributed by atoms with Gasteiger partial charge in [0.25, 0.3) is 0 Å². The fourth-order valence-corrected chi connectivity index (χ4v) is 5.39. The Kier molecular flexibility index (Phi) is 12.1. The molecule has 1 heterocycles. The summed E-state index contributed by atoms with van der Waals surface area (Å²) in [5.41, 5.74) is 2.95. The summed E-state index contributed by atoms with van der Waals surface area (Å²) < 4.78 is 37.1. The number of aromatic nitrogens is 1. The van der Waals surface area contributed by atoms with Gasteiger partial charge in [-0.1, -0.05) is 12.1 Å². The molecule has 1 saturated carbocycles. The van der Waals surface area contributed by atoms with Crippen molar-refractivity contribution in [3.8, 4) is 5.75 Å². The second-order valence-corrected chi connectivity index (χ2v) is 10.6. The molecule has 1 aliphatic carbocycles. The van der Waals surface area contributed by atoms with Crippen LogP contribution in [0.5, 0.6) is 5.75 Å². The van der Waals surface area contributed by atoms with Gasteiger partial charge < -0.3 is 9.47 Å². The van der Waals surface area contributed by atoms with Crippen LogP contribution in [0.4, 0.5) is 0 Å². The predicted molar refractivity (Wildman–Crippen MR) is 137 cm³/mol. The monoisotopic (exact) mass is 541 g/mol. The zero-order valence-electron chi connectivity index (χ0n) is 20.8. The van der Waals surface area contributed by atoms with Gasteiger partial charge in [-0.2, -0.15) is 0 Å². The van der Waals surface area contributed by atoms with E-state index in [1.54, 1.807) is 18.2 Å². The normalized spacial score (nSPS) is 17.9. The van der Waals surface area contributed by atoms with Crippen LogP contribution in [0.15, 0.2) is 52.5 Å². The molecular formula is C25H36ClN3O6S. The van der Waals surface area contributed by atoms with E-state index in [9.17, 15) is 18.4 Å².